The van der Waals surface area contributed by atoms with E-state index in [1.54, 1.807) is 31.3 Å². The Hall–Kier alpha value is -2.90. The molecule has 8 nitrogen and oxygen atoms in total. The molecule has 3 rings (SSSR count). The van der Waals surface area contributed by atoms with E-state index in [0.717, 1.165) is 12.8 Å². The Morgan fingerprint density at radius 3 is 2.67 bits per heavy atom. The summed E-state index contributed by atoms with van der Waals surface area (Å²) in [4.78, 5) is 49.6. The smallest absolute Gasteiger partial charge is 0.325 e. The number of benzene rings is 1. The number of hydrogen-bond acceptors (Lipinski definition) is 4. The Labute approximate surface area is 157 Å². The van der Waals surface area contributed by atoms with Gasteiger partial charge in [-0.05, 0) is 37.5 Å². The minimum Gasteiger partial charge on any atom is -0.355 e. The molecule has 1 aromatic rings. The van der Waals surface area contributed by atoms with Gasteiger partial charge in [0.05, 0.1) is 0 Å². The molecular weight excluding hydrogens is 348 g/mol. The average Bonchev–Trinajstić information content (AvgIpc) is 3.21. The van der Waals surface area contributed by atoms with Crippen molar-refractivity contribution in [1.82, 2.24) is 15.5 Å². The highest BCUT2D eigenvalue weighted by atomic mass is 16.2. The number of rotatable bonds is 6. The van der Waals surface area contributed by atoms with Crippen molar-refractivity contribution < 1.29 is 19.2 Å². The molecule has 27 heavy (non-hydrogen) atoms. The van der Waals surface area contributed by atoms with Crippen LogP contribution in [0.1, 0.15) is 48.9 Å². The number of nitrogens with one attached hydrogen (secondary N) is 3. The van der Waals surface area contributed by atoms with E-state index in [9.17, 15) is 19.2 Å². The molecule has 2 aliphatic rings. The van der Waals surface area contributed by atoms with Crippen LogP contribution in [0.3, 0.4) is 0 Å². The second-order valence-corrected chi connectivity index (χ2v) is 6.99. The third kappa shape index (κ3) is 3.94. The summed E-state index contributed by atoms with van der Waals surface area (Å²) in [6.07, 6.45) is 3.83. The van der Waals surface area contributed by atoms with Crippen molar-refractivity contribution in [1.29, 1.82) is 0 Å². The Balaban J connectivity index is 1.49. The summed E-state index contributed by atoms with van der Waals surface area (Å²) in [7, 11) is 1.54. The number of carbonyl (C=O) groups is 4. The molecule has 5 amide bonds. The molecule has 0 radical (unpaired) electrons. The number of hydrogen-bond donors (Lipinski definition) is 3. The van der Waals surface area contributed by atoms with E-state index in [4.69, 9.17) is 0 Å². The van der Waals surface area contributed by atoms with Gasteiger partial charge in [0, 0.05) is 31.3 Å². The van der Waals surface area contributed by atoms with Crippen molar-refractivity contribution in [2.75, 3.05) is 18.9 Å². The standard InChI is InChI=1S/C19H24N4O4/c1-20-16(25)13-6-4-7-14(12-13)21-15(24)8-5-11-23-17(26)19(22-18(23)27)9-2-3-10-19/h4,6-7,12H,2-3,5,8-11H2,1H3,(H,20,25)(H,21,24)(H,22,27). The summed E-state index contributed by atoms with van der Waals surface area (Å²) in [6.45, 7) is 0.220. The van der Waals surface area contributed by atoms with E-state index in [2.05, 4.69) is 16.0 Å². The van der Waals surface area contributed by atoms with Gasteiger partial charge in [-0.25, -0.2) is 4.79 Å². The summed E-state index contributed by atoms with van der Waals surface area (Å²) >= 11 is 0. The first-order valence-electron chi connectivity index (χ1n) is 9.21. The van der Waals surface area contributed by atoms with Crippen LogP contribution < -0.4 is 16.0 Å². The first-order chi connectivity index (χ1) is 12.9. The molecule has 144 valence electrons. The van der Waals surface area contributed by atoms with Gasteiger partial charge in [0.2, 0.25) is 5.91 Å². The van der Waals surface area contributed by atoms with Gasteiger partial charge < -0.3 is 16.0 Å². The van der Waals surface area contributed by atoms with Crippen LogP contribution in [0.25, 0.3) is 0 Å². The fraction of sp³-hybridized carbons (Fsp3) is 0.474. The second kappa shape index (κ2) is 7.77. The monoisotopic (exact) mass is 372 g/mol. The Morgan fingerprint density at radius 1 is 1.22 bits per heavy atom. The molecule has 1 aliphatic carbocycles. The van der Waals surface area contributed by atoms with Gasteiger partial charge in [0.15, 0.2) is 0 Å². The molecule has 1 saturated heterocycles. The van der Waals surface area contributed by atoms with Crippen molar-refractivity contribution in [2.45, 2.75) is 44.1 Å². The molecule has 1 heterocycles. The molecule has 0 atom stereocenters. The highest BCUT2D eigenvalue weighted by Crippen LogP contribution is 2.35. The van der Waals surface area contributed by atoms with Crippen LogP contribution in [0.2, 0.25) is 0 Å². The molecule has 8 heteroatoms. The zero-order valence-corrected chi connectivity index (χ0v) is 15.3. The maximum Gasteiger partial charge on any atom is 0.325 e. The van der Waals surface area contributed by atoms with Crippen LogP contribution in [0.4, 0.5) is 10.5 Å². The minimum atomic E-state index is -0.709. The summed E-state index contributed by atoms with van der Waals surface area (Å²) in [5.41, 5.74) is 0.275. The van der Waals surface area contributed by atoms with Crippen LogP contribution >= 0.6 is 0 Å². The zero-order valence-electron chi connectivity index (χ0n) is 15.3. The van der Waals surface area contributed by atoms with Gasteiger partial charge in [-0.2, -0.15) is 0 Å². The molecule has 1 spiro atoms. The van der Waals surface area contributed by atoms with E-state index in [1.165, 1.54) is 4.90 Å². The lowest BCUT2D eigenvalue weighted by Crippen LogP contribution is -2.44. The van der Waals surface area contributed by atoms with Crippen LogP contribution in [0, 0.1) is 0 Å². The number of nitrogens with zero attached hydrogens (tertiary/aromatic N) is 1. The molecule has 0 bridgehead atoms. The third-order valence-electron chi connectivity index (χ3n) is 5.12. The highest BCUT2D eigenvalue weighted by molar-refractivity contribution is 6.07. The Morgan fingerprint density at radius 2 is 1.96 bits per heavy atom. The predicted octanol–water partition coefficient (Wildman–Crippen LogP) is 1.63. The van der Waals surface area contributed by atoms with Crippen LogP contribution in [-0.4, -0.2) is 47.8 Å². The van der Waals surface area contributed by atoms with Gasteiger partial charge in [-0.1, -0.05) is 18.9 Å². The van der Waals surface area contributed by atoms with Gasteiger partial charge in [0.1, 0.15) is 5.54 Å². The van der Waals surface area contributed by atoms with E-state index in [-0.39, 0.29) is 36.7 Å². The number of amides is 5. The molecule has 1 aliphatic heterocycles. The fourth-order valence-corrected chi connectivity index (χ4v) is 3.70. The lowest BCUT2D eigenvalue weighted by molar-refractivity contribution is -0.131. The van der Waals surface area contributed by atoms with Crippen molar-refractivity contribution in [3.63, 3.8) is 0 Å². The van der Waals surface area contributed by atoms with Crippen molar-refractivity contribution in [3.05, 3.63) is 29.8 Å². The normalized spacial score (nSPS) is 17.9. The van der Waals surface area contributed by atoms with Gasteiger partial charge in [-0.15, -0.1) is 0 Å². The van der Waals surface area contributed by atoms with Crippen LogP contribution in [-0.2, 0) is 9.59 Å². The largest absolute Gasteiger partial charge is 0.355 e. The van der Waals surface area contributed by atoms with E-state index in [0.29, 0.717) is 30.5 Å². The number of anilines is 1. The SMILES string of the molecule is CNC(=O)c1cccc(NC(=O)CCCN2C(=O)NC3(CCCC3)C2=O)c1. The van der Waals surface area contributed by atoms with E-state index in [1.807, 2.05) is 0 Å². The third-order valence-corrected chi connectivity index (χ3v) is 5.12. The topological polar surface area (TPSA) is 108 Å². The average molecular weight is 372 g/mol. The summed E-state index contributed by atoms with van der Waals surface area (Å²) < 4.78 is 0. The highest BCUT2D eigenvalue weighted by Gasteiger charge is 2.51. The molecule has 0 aromatic heterocycles. The number of imide groups is 1. The lowest BCUT2D eigenvalue weighted by atomic mass is 9.98. The molecular formula is C19H24N4O4. The number of urea groups is 1. The maximum absolute atomic E-state index is 12.5. The van der Waals surface area contributed by atoms with Crippen molar-refractivity contribution in [3.8, 4) is 0 Å². The molecule has 1 aromatic carbocycles. The Bertz CT molecular complexity index is 771. The molecule has 2 fully saturated rings. The lowest BCUT2D eigenvalue weighted by Gasteiger charge is -2.19. The quantitative estimate of drug-likeness (QED) is 0.660. The predicted molar refractivity (Wildman–Crippen MR) is 99.1 cm³/mol. The zero-order chi connectivity index (χ0) is 19.4. The van der Waals surface area contributed by atoms with Crippen LogP contribution in [0.5, 0.6) is 0 Å². The van der Waals surface area contributed by atoms with E-state index < -0.39 is 5.54 Å². The molecule has 1 saturated carbocycles. The Kier molecular flexibility index (Phi) is 5.43. The fourth-order valence-electron chi connectivity index (χ4n) is 3.70. The second-order valence-electron chi connectivity index (χ2n) is 6.99. The van der Waals surface area contributed by atoms with Gasteiger partial charge >= 0.3 is 6.03 Å². The van der Waals surface area contributed by atoms with Gasteiger partial charge in [0.25, 0.3) is 11.8 Å². The van der Waals surface area contributed by atoms with Crippen molar-refractivity contribution >= 4 is 29.4 Å². The van der Waals surface area contributed by atoms with Crippen molar-refractivity contribution in [2.24, 2.45) is 0 Å². The first-order valence-corrected chi connectivity index (χ1v) is 9.21. The molecule has 3 N–H and O–H groups in total. The summed E-state index contributed by atoms with van der Waals surface area (Å²) in [6, 6.07) is 6.28. The maximum atomic E-state index is 12.5. The summed E-state index contributed by atoms with van der Waals surface area (Å²) in [5.74, 6) is -0.624. The summed E-state index contributed by atoms with van der Waals surface area (Å²) in [5, 5.41) is 8.09. The first kappa shape index (κ1) is 18.9. The number of carbonyl (C=O) groups excluding carboxylic acids is 4. The van der Waals surface area contributed by atoms with E-state index >= 15 is 0 Å². The van der Waals surface area contributed by atoms with Crippen LogP contribution in [0.15, 0.2) is 24.3 Å². The molecule has 0 unspecified atom stereocenters. The van der Waals surface area contributed by atoms with Gasteiger partial charge in [-0.3, -0.25) is 19.3 Å². The minimum absolute atomic E-state index is 0.163.